The van der Waals surface area contributed by atoms with Gasteiger partial charge in [0.25, 0.3) is 5.56 Å². The van der Waals surface area contributed by atoms with E-state index in [1.54, 1.807) is 18.2 Å². The lowest BCUT2D eigenvalue weighted by Gasteiger charge is -2.28. The van der Waals surface area contributed by atoms with Gasteiger partial charge in [0.05, 0.1) is 30.4 Å². The fourth-order valence-corrected chi connectivity index (χ4v) is 3.57. The number of hydrogen-bond donors (Lipinski definition) is 0. The standard InChI is InChI=1S/C23H17FN2O3/c24-18-10-16(12-26-14-25-20-9-5-4-8-19(20)22(26)27)21-17(11-18)13-28-23(29-21)15-6-2-1-3-7-15/h1-11,14,23H,12-13H2/t23-/m0/s1. The molecule has 5 rings (SSSR count). The second kappa shape index (κ2) is 7.14. The third kappa shape index (κ3) is 3.28. The van der Waals surface area contributed by atoms with Gasteiger partial charge in [0, 0.05) is 16.7 Å². The highest BCUT2D eigenvalue weighted by atomic mass is 19.1. The molecular formula is C23H17FN2O3. The van der Waals surface area contributed by atoms with Gasteiger partial charge in [-0.1, -0.05) is 42.5 Å². The number of ether oxygens (including phenoxy) is 2. The summed E-state index contributed by atoms with van der Waals surface area (Å²) in [7, 11) is 0. The summed E-state index contributed by atoms with van der Waals surface area (Å²) < 4.78 is 27.5. The summed E-state index contributed by atoms with van der Waals surface area (Å²) in [6, 6.07) is 19.5. The number of hydrogen-bond acceptors (Lipinski definition) is 4. The van der Waals surface area contributed by atoms with Crippen molar-refractivity contribution in [1.82, 2.24) is 9.55 Å². The molecule has 0 saturated heterocycles. The van der Waals surface area contributed by atoms with Crippen LogP contribution in [0.4, 0.5) is 4.39 Å². The largest absolute Gasteiger partial charge is 0.460 e. The van der Waals surface area contributed by atoms with Crippen LogP contribution in [-0.4, -0.2) is 9.55 Å². The smallest absolute Gasteiger partial charge is 0.261 e. The third-order valence-corrected chi connectivity index (χ3v) is 4.97. The molecular weight excluding hydrogens is 371 g/mol. The first-order chi connectivity index (χ1) is 14.2. The molecule has 1 aliphatic heterocycles. The van der Waals surface area contributed by atoms with Gasteiger partial charge in [-0.05, 0) is 24.3 Å². The van der Waals surface area contributed by atoms with Gasteiger partial charge in [0.1, 0.15) is 11.6 Å². The van der Waals surface area contributed by atoms with E-state index >= 15 is 0 Å². The van der Waals surface area contributed by atoms with Crippen molar-refractivity contribution < 1.29 is 13.9 Å². The van der Waals surface area contributed by atoms with Gasteiger partial charge in [-0.3, -0.25) is 9.36 Å². The fourth-order valence-electron chi connectivity index (χ4n) is 3.57. The summed E-state index contributed by atoms with van der Waals surface area (Å²) >= 11 is 0. The summed E-state index contributed by atoms with van der Waals surface area (Å²) in [5.41, 5.74) is 2.51. The normalized spacial score (nSPS) is 15.7. The molecule has 0 saturated carbocycles. The van der Waals surface area contributed by atoms with E-state index in [0.29, 0.717) is 27.8 Å². The number of halogens is 1. The summed E-state index contributed by atoms with van der Waals surface area (Å²) in [6.07, 6.45) is 0.898. The molecule has 0 N–H and O–H groups in total. The highest BCUT2D eigenvalue weighted by Gasteiger charge is 2.25. The minimum atomic E-state index is -0.584. The van der Waals surface area contributed by atoms with Crippen LogP contribution in [-0.2, 0) is 17.9 Å². The average molecular weight is 388 g/mol. The molecule has 1 aliphatic rings. The lowest BCUT2D eigenvalue weighted by molar-refractivity contribution is -0.112. The predicted molar refractivity (Wildman–Crippen MR) is 106 cm³/mol. The molecule has 0 fully saturated rings. The van der Waals surface area contributed by atoms with Crippen LogP contribution in [0.25, 0.3) is 10.9 Å². The molecule has 0 unspecified atom stereocenters. The number of fused-ring (bicyclic) bond motifs is 2. The van der Waals surface area contributed by atoms with E-state index in [4.69, 9.17) is 9.47 Å². The van der Waals surface area contributed by atoms with Crippen LogP contribution in [0.1, 0.15) is 23.0 Å². The third-order valence-electron chi connectivity index (χ3n) is 4.97. The van der Waals surface area contributed by atoms with Crippen molar-refractivity contribution in [2.45, 2.75) is 19.4 Å². The Kier molecular flexibility index (Phi) is 4.33. The van der Waals surface area contributed by atoms with Crippen LogP contribution in [0.2, 0.25) is 0 Å². The maximum absolute atomic E-state index is 14.2. The highest BCUT2D eigenvalue weighted by Crippen LogP contribution is 2.36. The SMILES string of the molecule is O=c1c2ccccc2ncn1Cc1cc(F)cc2c1O[C@@H](c1ccccc1)OC2. The molecule has 4 aromatic rings. The zero-order chi connectivity index (χ0) is 19.8. The van der Waals surface area contributed by atoms with E-state index in [9.17, 15) is 9.18 Å². The van der Waals surface area contributed by atoms with Crippen molar-refractivity contribution >= 4 is 10.9 Å². The Morgan fingerprint density at radius 2 is 1.86 bits per heavy atom. The highest BCUT2D eigenvalue weighted by molar-refractivity contribution is 5.76. The molecule has 0 spiro atoms. The predicted octanol–water partition coefficient (Wildman–Crippen LogP) is 4.19. The van der Waals surface area contributed by atoms with Crippen molar-refractivity contribution in [3.8, 4) is 5.75 Å². The zero-order valence-electron chi connectivity index (χ0n) is 15.4. The number of benzene rings is 3. The maximum Gasteiger partial charge on any atom is 0.261 e. The maximum atomic E-state index is 14.2. The molecule has 6 heteroatoms. The molecule has 2 heterocycles. The van der Waals surface area contributed by atoms with E-state index in [1.807, 2.05) is 36.4 Å². The first-order valence-corrected chi connectivity index (χ1v) is 9.28. The van der Waals surface area contributed by atoms with Gasteiger partial charge < -0.3 is 9.47 Å². The molecule has 1 atom stereocenters. The molecule has 3 aromatic carbocycles. The Bertz CT molecular complexity index is 1250. The number of aromatic nitrogens is 2. The van der Waals surface area contributed by atoms with Crippen LogP contribution in [0.15, 0.2) is 77.9 Å². The average Bonchev–Trinajstić information content (AvgIpc) is 2.76. The van der Waals surface area contributed by atoms with E-state index in [-0.39, 0.29) is 18.7 Å². The Morgan fingerprint density at radius 3 is 2.72 bits per heavy atom. The van der Waals surface area contributed by atoms with Crippen LogP contribution in [0.3, 0.4) is 0 Å². The Balaban J connectivity index is 1.54. The van der Waals surface area contributed by atoms with Crippen LogP contribution < -0.4 is 10.3 Å². The van der Waals surface area contributed by atoms with E-state index in [0.717, 1.165) is 5.56 Å². The van der Waals surface area contributed by atoms with Gasteiger partial charge in [-0.25, -0.2) is 9.37 Å². The second-order valence-electron chi connectivity index (χ2n) is 6.92. The molecule has 0 bridgehead atoms. The Labute approximate surface area is 166 Å². The van der Waals surface area contributed by atoms with Gasteiger partial charge in [0.15, 0.2) is 0 Å². The number of rotatable bonds is 3. The molecule has 0 amide bonds. The van der Waals surface area contributed by atoms with E-state index < -0.39 is 12.1 Å². The van der Waals surface area contributed by atoms with Crippen LogP contribution in [0.5, 0.6) is 5.75 Å². The number of para-hydroxylation sites is 1. The second-order valence-corrected chi connectivity index (χ2v) is 6.92. The topological polar surface area (TPSA) is 53.4 Å². The fraction of sp³-hybridized carbons (Fsp3) is 0.130. The lowest BCUT2D eigenvalue weighted by Crippen LogP contribution is -2.23. The molecule has 1 aromatic heterocycles. The lowest BCUT2D eigenvalue weighted by atomic mass is 10.1. The summed E-state index contributed by atoms with van der Waals surface area (Å²) in [4.78, 5) is 17.2. The minimum absolute atomic E-state index is 0.151. The van der Waals surface area contributed by atoms with Crippen molar-refractivity contribution in [2.24, 2.45) is 0 Å². The molecule has 29 heavy (non-hydrogen) atoms. The number of nitrogens with zero attached hydrogens (tertiary/aromatic N) is 2. The minimum Gasteiger partial charge on any atom is -0.460 e. The summed E-state index contributed by atoms with van der Waals surface area (Å²) in [5, 5.41) is 0.520. The van der Waals surface area contributed by atoms with Crippen LogP contribution in [0, 0.1) is 5.82 Å². The first-order valence-electron chi connectivity index (χ1n) is 9.28. The summed E-state index contributed by atoms with van der Waals surface area (Å²) in [6.45, 7) is 0.378. The van der Waals surface area contributed by atoms with Crippen molar-refractivity contribution in [2.75, 3.05) is 0 Å². The van der Waals surface area contributed by atoms with Crippen molar-refractivity contribution in [3.05, 3.63) is 106 Å². The van der Waals surface area contributed by atoms with Gasteiger partial charge >= 0.3 is 0 Å². The first kappa shape index (κ1) is 17.6. The molecule has 144 valence electrons. The molecule has 5 nitrogen and oxygen atoms in total. The van der Waals surface area contributed by atoms with E-state index in [1.165, 1.54) is 23.0 Å². The van der Waals surface area contributed by atoms with Gasteiger partial charge in [-0.15, -0.1) is 0 Å². The van der Waals surface area contributed by atoms with Gasteiger partial charge in [0.2, 0.25) is 6.29 Å². The van der Waals surface area contributed by atoms with E-state index in [2.05, 4.69) is 4.98 Å². The Morgan fingerprint density at radius 1 is 1.07 bits per heavy atom. The zero-order valence-corrected chi connectivity index (χ0v) is 15.4. The van der Waals surface area contributed by atoms with Gasteiger partial charge in [-0.2, -0.15) is 0 Å². The quantitative estimate of drug-likeness (QED) is 0.528. The molecule has 0 aliphatic carbocycles. The van der Waals surface area contributed by atoms with Crippen molar-refractivity contribution in [1.29, 1.82) is 0 Å². The monoisotopic (exact) mass is 388 g/mol. The van der Waals surface area contributed by atoms with Crippen molar-refractivity contribution in [3.63, 3.8) is 0 Å². The van der Waals surface area contributed by atoms with Crippen LogP contribution >= 0.6 is 0 Å². The summed E-state index contributed by atoms with van der Waals surface area (Å²) in [5.74, 6) is 0.150. The Hall–Kier alpha value is -3.51. The molecule has 0 radical (unpaired) electrons.